The van der Waals surface area contributed by atoms with Crippen LogP contribution in [0.4, 0.5) is 0 Å². The summed E-state index contributed by atoms with van der Waals surface area (Å²) in [4.78, 5) is 0. The third-order valence-electron chi connectivity index (χ3n) is 4.65. The van der Waals surface area contributed by atoms with Gasteiger partial charge >= 0.3 is 0 Å². The number of benzene rings is 2. The van der Waals surface area contributed by atoms with E-state index in [1.54, 1.807) is 0 Å². The van der Waals surface area contributed by atoms with Crippen molar-refractivity contribution in [3.8, 4) is 0 Å². The summed E-state index contributed by atoms with van der Waals surface area (Å²) >= 11 is 12.4. The molecule has 0 atom stereocenters. The molecule has 2 nitrogen and oxygen atoms in total. The highest BCUT2D eigenvalue weighted by molar-refractivity contribution is 6.42. The normalized spacial score (nSPS) is 17.1. The van der Waals surface area contributed by atoms with E-state index in [0.717, 1.165) is 44.7 Å². The van der Waals surface area contributed by atoms with Crippen LogP contribution in [0.15, 0.2) is 48.5 Å². The van der Waals surface area contributed by atoms with E-state index in [-0.39, 0.29) is 5.41 Å². The van der Waals surface area contributed by atoms with Gasteiger partial charge in [0.15, 0.2) is 0 Å². The quantitative estimate of drug-likeness (QED) is 0.834. The molecule has 0 unspecified atom stereocenters. The highest BCUT2D eigenvalue weighted by Gasteiger charge is 2.33. The maximum absolute atomic E-state index is 6.27. The molecule has 1 heterocycles. The second kappa shape index (κ2) is 7.67. The van der Waals surface area contributed by atoms with E-state index in [1.807, 2.05) is 18.2 Å². The Morgan fingerprint density at radius 2 is 1.70 bits per heavy atom. The molecule has 1 fully saturated rings. The van der Waals surface area contributed by atoms with E-state index in [9.17, 15) is 0 Å². The van der Waals surface area contributed by atoms with Gasteiger partial charge in [-0.05, 0) is 30.0 Å². The molecule has 23 heavy (non-hydrogen) atoms. The minimum absolute atomic E-state index is 0.130. The smallest absolute Gasteiger partial charge is 0.0637 e. The minimum Gasteiger partial charge on any atom is -0.381 e. The molecular weight excluding hydrogens is 329 g/mol. The van der Waals surface area contributed by atoms with Crippen molar-refractivity contribution in [2.45, 2.75) is 24.8 Å². The first-order valence-corrected chi connectivity index (χ1v) is 8.74. The van der Waals surface area contributed by atoms with Gasteiger partial charge in [0.25, 0.3) is 0 Å². The molecule has 1 saturated heterocycles. The fourth-order valence-corrected chi connectivity index (χ4v) is 3.63. The molecule has 0 aliphatic carbocycles. The Kier molecular flexibility index (Phi) is 5.60. The predicted octanol–water partition coefficient (Wildman–Crippen LogP) is 4.83. The summed E-state index contributed by atoms with van der Waals surface area (Å²) in [6.07, 6.45) is 2.07. The minimum atomic E-state index is 0.130. The molecule has 0 spiro atoms. The highest BCUT2D eigenvalue weighted by Crippen LogP contribution is 2.34. The van der Waals surface area contributed by atoms with Gasteiger partial charge in [0.2, 0.25) is 0 Å². The maximum atomic E-state index is 6.27. The summed E-state index contributed by atoms with van der Waals surface area (Å²) in [5, 5.41) is 4.83. The summed E-state index contributed by atoms with van der Waals surface area (Å²) in [5.41, 5.74) is 2.55. The van der Waals surface area contributed by atoms with Gasteiger partial charge in [0.05, 0.1) is 10.0 Å². The fourth-order valence-electron chi connectivity index (χ4n) is 3.24. The Morgan fingerprint density at radius 1 is 0.957 bits per heavy atom. The molecule has 0 saturated carbocycles. The van der Waals surface area contributed by atoms with Gasteiger partial charge in [-0.2, -0.15) is 0 Å². The van der Waals surface area contributed by atoms with Crippen LogP contribution in [-0.2, 0) is 16.7 Å². The molecule has 1 aliphatic heterocycles. The summed E-state index contributed by atoms with van der Waals surface area (Å²) in [5.74, 6) is 0. The van der Waals surface area contributed by atoms with Crippen LogP contribution in [-0.4, -0.2) is 19.8 Å². The number of hydrogen-bond acceptors (Lipinski definition) is 2. The van der Waals surface area contributed by atoms with Crippen LogP contribution in [0.25, 0.3) is 0 Å². The van der Waals surface area contributed by atoms with Crippen molar-refractivity contribution in [1.82, 2.24) is 5.32 Å². The zero-order chi connectivity index (χ0) is 16.1. The van der Waals surface area contributed by atoms with Crippen LogP contribution in [0.1, 0.15) is 24.0 Å². The number of rotatable bonds is 5. The van der Waals surface area contributed by atoms with Crippen LogP contribution >= 0.6 is 23.2 Å². The average Bonchev–Trinajstić information content (AvgIpc) is 2.60. The van der Waals surface area contributed by atoms with Crippen LogP contribution in [0, 0.1) is 0 Å². The summed E-state index contributed by atoms with van der Waals surface area (Å²) < 4.78 is 5.58. The van der Waals surface area contributed by atoms with Gasteiger partial charge in [0.1, 0.15) is 0 Å². The Hall–Kier alpha value is -1.06. The predicted molar refractivity (Wildman–Crippen MR) is 96.3 cm³/mol. The van der Waals surface area contributed by atoms with Crippen molar-refractivity contribution in [2.24, 2.45) is 0 Å². The average molecular weight is 350 g/mol. The molecule has 0 radical (unpaired) electrons. The molecule has 0 amide bonds. The molecule has 0 aromatic heterocycles. The van der Waals surface area contributed by atoms with E-state index < -0.39 is 0 Å². The van der Waals surface area contributed by atoms with Gasteiger partial charge in [-0.3, -0.25) is 0 Å². The van der Waals surface area contributed by atoms with Crippen LogP contribution in [0.3, 0.4) is 0 Å². The lowest BCUT2D eigenvalue weighted by Crippen LogP contribution is -2.42. The van der Waals surface area contributed by atoms with E-state index >= 15 is 0 Å². The van der Waals surface area contributed by atoms with Crippen molar-refractivity contribution in [3.63, 3.8) is 0 Å². The summed E-state index contributed by atoms with van der Waals surface area (Å²) in [6, 6.07) is 16.5. The highest BCUT2D eigenvalue weighted by atomic mass is 35.5. The third kappa shape index (κ3) is 3.89. The lowest BCUT2D eigenvalue weighted by atomic mass is 9.74. The number of nitrogens with one attached hydrogen (secondary N) is 1. The van der Waals surface area contributed by atoms with Crippen molar-refractivity contribution in [1.29, 1.82) is 0 Å². The number of hydrogen-bond donors (Lipinski definition) is 1. The van der Waals surface area contributed by atoms with Crippen LogP contribution in [0.2, 0.25) is 10.0 Å². The largest absolute Gasteiger partial charge is 0.381 e. The molecule has 3 rings (SSSR count). The fraction of sp³-hybridized carbons (Fsp3) is 0.368. The second-order valence-corrected chi connectivity index (χ2v) is 6.86. The second-order valence-electron chi connectivity index (χ2n) is 6.08. The van der Waals surface area contributed by atoms with E-state index in [1.165, 1.54) is 5.56 Å². The van der Waals surface area contributed by atoms with Crippen molar-refractivity contribution in [3.05, 3.63) is 69.7 Å². The van der Waals surface area contributed by atoms with E-state index in [0.29, 0.717) is 10.0 Å². The van der Waals surface area contributed by atoms with Crippen molar-refractivity contribution in [2.75, 3.05) is 19.8 Å². The van der Waals surface area contributed by atoms with E-state index in [2.05, 4.69) is 35.6 Å². The van der Waals surface area contributed by atoms with Gasteiger partial charge in [-0.1, -0.05) is 65.7 Å². The van der Waals surface area contributed by atoms with Gasteiger partial charge < -0.3 is 10.1 Å². The summed E-state index contributed by atoms with van der Waals surface area (Å²) in [6.45, 7) is 3.25. The molecule has 122 valence electrons. The first-order valence-electron chi connectivity index (χ1n) is 7.98. The Balaban J connectivity index is 1.71. The molecule has 2 aromatic carbocycles. The summed E-state index contributed by atoms with van der Waals surface area (Å²) in [7, 11) is 0. The Labute approximate surface area is 147 Å². The van der Waals surface area contributed by atoms with E-state index in [4.69, 9.17) is 27.9 Å². The van der Waals surface area contributed by atoms with Crippen LogP contribution < -0.4 is 5.32 Å². The standard InChI is InChI=1S/C19H21Cl2NO/c20-17-8-4-5-15(18(17)21)13-22-14-19(9-11-23-12-10-19)16-6-2-1-3-7-16/h1-8,22H,9-14H2. The van der Waals surface area contributed by atoms with Gasteiger partial charge in [0, 0.05) is 31.7 Å². The molecule has 0 bridgehead atoms. The SMILES string of the molecule is Clc1cccc(CNCC2(c3ccccc3)CCOCC2)c1Cl. The molecule has 1 N–H and O–H groups in total. The topological polar surface area (TPSA) is 21.3 Å². The van der Waals surface area contributed by atoms with Crippen LogP contribution in [0.5, 0.6) is 0 Å². The van der Waals surface area contributed by atoms with Crippen molar-refractivity contribution >= 4 is 23.2 Å². The molecule has 4 heteroatoms. The van der Waals surface area contributed by atoms with Crippen molar-refractivity contribution < 1.29 is 4.74 Å². The lowest BCUT2D eigenvalue weighted by molar-refractivity contribution is 0.0498. The Bertz CT molecular complexity index is 639. The zero-order valence-corrected chi connectivity index (χ0v) is 14.5. The maximum Gasteiger partial charge on any atom is 0.0637 e. The monoisotopic (exact) mass is 349 g/mol. The third-order valence-corrected chi connectivity index (χ3v) is 5.50. The number of halogens is 2. The molecular formula is C19H21Cl2NO. The van der Waals surface area contributed by atoms with Gasteiger partial charge in [-0.25, -0.2) is 0 Å². The number of ether oxygens (including phenoxy) is 1. The lowest BCUT2D eigenvalue weighted by Gasteiger charge is -2.38. The van der Waals surface area contributed by atoms with Gasteiger partial charge in [-0.15, -0.1) is 0 Å². The first kappa shape index (κ1) is 16.8. The Morgan fingerprint density at radius 3 is 2.43 bits per heavy atom. The molecule has 2 aromatic rings. The molecule has 1 aliphatic rings. The zero-order valence-electron chi connectivity index (χ0n) is 13.0. The first-order chi connectivity index (χ1) is 11.2.